The zero-order valence-corrected chi connectivity index (χ0v) is 11.3. The molecule has 0 radical (unpaired) electrons. The van der Waals surface area contributed by atoms with E-state index in [1.807, 2.05) is 19.1 Å². The van der Waals surface area contributed by atoms with Crippen LogP contribution in [0.15, 0.2) is 29.0 Å². The second kappa shape index (κ2) is 6.48. The molecule has 3 heteroatoms. The normalized spacial score (nSPS) is 19.3. The summed E-state index contributed by atoms with van der Waals surface area (Å²) in [6.07, 6.45) is 8.33. The van der Waals surface area contributed by atoms with Gasteiger partial charge in [-0.15, -0.1) is 0 Å². The maximum absolute atomic E-state index is 5.63. The summed E-state index contributed by atoms with van der Waals surface area (Å²) in [4.78, 5) is 4.48. The van der Waals surface area contributed by atoms with Crippen LogP contribution in [0.4, 0.5) is 0 Å². The Labute approximate surface area is 104 Å². The van der Waals surface area contributed by atoms with E-state index >= 15 is 0 Å². The zero-order valence-electron chi connectivity index (χ0n) is 11.3. The fourth-order valence-corrected chi connectivity index (χ4v) is 1.47. The van der Waals surface area contributed by atoms with Crippen molar-refractivity contribution >= 4 is 5.90 Å². The SMILES string of the molecule is CC=C(OCC=CCCC)C1=NC(C)(C)CO1. The molecule has 0 aromatic rings. The van der Waals surface area contributed by atoms with E-state index in [1.165, 1.54) is 0 Å². The number of nitrogens with zero attached hydrogens (tertiary/aromatic N) is 1. The average Bonchev–Trinajstić information content (AvgIpc) is 2.64. The lowest BCUT2D eigenvalue weighted by atomic mass is 10.1. The Morgan fingerprint density at radius 2 is 2.24 bits per heavy atom. The van der Waals surface area contributed by atoms with Crippen molar-refractivity contribution in [1.82, 2.24) is 0 Å². The predicted molar refractivity (Wildman–Crippen MR) is 71.2 cm³/mol. The number of unbranched alkanes of at least 4 members (excludes halogenated alkanes) is 1. The summed E-state index contributed by atoms with van der Waals surface area (Å²) in [7, 11) is 0. The second-order valence-corrected chi connectivity index (χ2v) is 4.74. The molecule has 0 aromatic carbocycles. The maximum Gasteiger partial charge on any atom is 0.252 e. The molecule has 0 saturated heterocycles. The Hall–Kier alpha value is -1.25. The number of rotatable bonds is 6. The van der Waals surface area contributed by atoms with E-state index in [1.54, 1.807) is 0 Å². The van der Waals surface area contributed by atoms with Crippen molar-refractivity contribution in [3.8, 4) is 0 Å². The fourth-order valence-electron chi connectivity index (χ4n) is 1.47. The van der Waals surface area contributed by atoms with E-state index in [0.717, 1.165) is 18.6 Å². The van der Waals surface area contributed by atoms with Gasteiger partial charge < -0.3 is 9.47 Å². The van der Waals surface area contributed by atoms with E-state index in [-0.39, 0.29) is 5.54 Å². The number of allylic oxidation sites excluding steroid dienone is 2. The second-order valence-electron chi connectivity index (χ2n) is 4.74. The first kappa shape index (κ1) is 13.8. The third-order valence-corrected chi connectivity index (χ3v) is 2.40. The summed E-state index contributed by atoms with van der Waals surface area (Å²) < 4.78 is 11.2. The molecule has 0 bridgehead atoms. The number of hydrogen-bond donors (Lipinski definition) is 0. The van der Waals surface area contributed by atoms with Crippen LogP contribution in [0.2, 0.25) is 0 Å². The van der Waals surface area contributed by atoms with Gasteiger partial charge in [-0.3, -0.25) is 0 Å². The smallest absolute Gasteiger partial charge is 0.252 e. The van der Waals surface area contributed by atoms with Gasteiger partial charge in [-0.1, -0.05) is 25.5 Å². The third-order valence-electron chi connectivity index (χ3n) is 2.40. The van der Waals surface area contributed by atoms with E-state index in [4.69, 9.17) is 9.47 Å². The summed E-state index contributed by atoms with van der Waals surface area (Å²) in [6.45, 7) is 9.38. The molecule has 0 saturated carbocycles. The van der Waals surface area contributed by atoms with Crippen LogP contribution in [-0.2, 0) is 9.47 Å². The van der Waals surface area contributed by atoms with Crippen LogP contribution in [0.5, 0.6) is 0 Å². The highest BCUT2D eigenvalue weighted by Gasteiger charge is 2.28. The quantitative estimate of drug-likeness (QED) is 0.523. The molecule has 0 atom stereocenters. The Morgan fingerprint density at radius 3 is 2.76 bits per heavy atom. The highest BCUT2D eigenvalue weighted by molar-refractivity contribution is 5.92. The lowest BCUT2D eigenvalue weighted by Crippen LogP contribution is -2.17. The van der Waals surface area contributed by atoms with Crippen LogP contribution in [0.3, 0.4) is 0 Å². The topological polar surface area (TPSA) is 30.8 Å². The summed E-state index contributed by atoms with van der Waals surface area (Å²) in [5.74, 6) is 1.36. The first-order chi connectivity index (χ1) is 8.09. The van der Waals surface area contributed by atoms with Crippen molar-refractivity contribution < 1.29 is 9.47 Å². The van der Waals surface area contributed by atoms with Crippen molar-refractivity contribution in [2.75, 3.05) is 13.2 Å². The number of aliphatic imine (C=N–C) groups is 1. The van der Waals surface area contributed by atoms with Gasteiger partial charge in [-0.05, 0) is 33.3 Å². The molecular formula is C14H23NO2. The van der Waals surface area contributed by atoms with Gasteiger partial charge in [0.2, 0.25) is 0 Å². The molecule has 0 unspecified atom stereocenters. The highest BCUT2D eigenvalue weighted by atomic mass is 16.5. The van der Waals surface area contributed by atoms with Crippen LogP contribution in [0.25, 0.3) is 0 Å². The van der Waals surface area contributed by atoms with Crippen molar-refractivity contribution in [1.29, 1.82) is 0 Å². The molecular weight excluding hydrogens is 214 g/mol. The molecule has 1 aliphatic rings. The predicted octanol–water partition coefficient (Wildman–Crippen LogP) is 3.47. The van der Waals surface area contributed by atoms with Gasteiger partial charge in [-0.2, -0.15) is 0 Å². The Kier molecular flexibility index (Phi) is 5.26. The summed E-state index contributed by atoms with van der Waals surface area (Å²) in [5, 5.41) is 0. The van der Waals surface area contributed by atoms with Crippen LogP contribution < -0.4 is 0 Å². The van der Waals surface area contributed by atoms with Gasteiger partial charge in [-0.25, -0.2) is 4.99 Å². The molecule has 1 aliphatic heterocycles. The molecule has 1 heterocycles. The fraction of sp³-hybridized carbons (Fsp3) is 0.643. The molecule has 0 amide bonds. The summed E-state index contributed by atoms with van der Waals surface area (Å²) in [5.41, 5.74) is -0.134. The van der Waals surface area contributed by atoms with Crippen LogP contribution in [0, 0.1) is 0 Å². The molecule has 3 nitrogen and oxygen atoms in total. The minimum absolute atomic E-state index is 0.134. The van der Waals surface area contributed by atoms with Gasteiger partial charge in [0.25, 0.3) is 5.90 Å². The van der Waals surface area contributed by atoms with Gasteiger partial charge in [0.1, 0.15) is 13.2 Å². The zero-order chi connectivity index (χ0) is 12.7. The van der Waals surface area contributed by atoms with Crippen molar-refractivity contribution in [2.45, 2.75) is 46.1 Å². The van der Waals surface area contributed by atoms with Crippen molar-refractivity contribution in [2.24, 2.45) is 4.99 Å². The largest absolute Gasteiger partial charge is 0.484 e. The Bertz CT molecular complexity index is 327. The average molecular weight is 237 g/mol. The van der Waals surface area contributed by atoms with Crippen LogP contribution in [0.1, 0.15) is 40.5 Å². The number of hydrogen-bond acceptors (Lipinski definition) is 3. The maximum atomic E-state index is 5.63. The van der Waals surface area contributed by atoms with Crippen LogP contribution in [-0.4, -0.2) is 24.7 Å². The minimum Gasteiger partial charge on any atom is -0.484 e. The Morgan fingerprint density at radius 1 is 1.47 bits per heavy atom. The van der Waals surface area contributed by atoms with Crippen molar-refractivity contribution in [3.05, 3.63) is 24.0 Å². The van der Waals surface area contributed by atoms with Gasteiger partial charge in [0, 0.05) is 0 Å². The van der Waals surface area contributed by atoms with E-state index in [2.05, 4.69) is 31.8 Å². The minimum atomic E-state index is -0.134. The molecule has 0 N–H and O–H groups in total. The van der Waals surface area contributed by atoms with E-state index in [9.17, 15) is 0 Å². The monoisotopic (exact) mass is 237 g/mol. The van der Waals surface area contributed by atoms with E-state index in [0.29, 0.717) is 19.1 Å². The first-order valence-corrected chi connectivity index (χ1v) is 6.26. The molecule has 17 heavy (non-hydrogen) atoms. The summed E-state index contributed by atoms with van der Waals surface area (Å²) >= 11 is 0. The van der Waals surface area contributed by atoms with Gasteiger partial charge in [0.05, 0.1) is 5.54 Å². The molecule has 0 aliphatic carbocycles. The molecule has 0 aromatic heterocycles. The van der Waals surface area contributed by atoms with E-state index < -0.39 is 0 Å². The standard InChI is InChI=1S/C14H23NO2/c1-5-7-8-9-10-16-12(6-2)13-15-14(3,4)11-17-13/h6,8-9H,5,7,10-11H2,1-4H3. The molecule has 0 fully saturated rings. The van der Waals surface area contributed by atoms with Crippen molar-refractivity contribution in [3.63, 3.8) is 0 Å². The molecule has 1 rings (SSSR count). The van der Waals surface area contributed by atoms with Crippen LogP contribution >= 0.6 is 0 Å². The molecule has 96 valence electrons. The van der Waals surface area contributed by atoms with Gasteiger partial charge >= 0.3 is 0 Å². The first-order valence-electron chi connectivity index (χ1n) is 6.26. The summed E-state index contributed by atoms with van der Waals surface area (Å²) in [6, 6.07) is 0. The third kappa shape index (κ3) is 4.63. The lowest BCUT2D eigenvalue weighted by molar-refractivity contribution is 0.232. The Balaban J connectivity index is 2.46. The number of ether oxygens (including phenoxy) is 2. The van der Waals surface area contributed by atoms with Gasteiger partial charge in [0.15, 0.2) is 5.76 Å². The molecule has 0 spiro atoms. The lowest BCUT2D eigenvalue weighted by Gasteiger charge is -2.07. The highest BCUT2D eigenvalue weighted by Crippen LogP contribution is 2.20.